The van der Waals surface area contributed by atoms with E-state index in [0.29, 0.717) is 0 Å². The molecule has 0 saturated carbocycles. The van der Waals surface area contributed by atoms with Crippen molar-refractivity contribution in [1.82, 2.24) is 0 Å². The van der Waals surface area contributed by atoms with Gasteiger partial charge in [-0.25, -0.2) is 14.1 Å². The maximum atomic E-state index is 12.8. The molecule has 5 nitrogen and oxygen atoms in total. The van der Waals surface area contributed by atoms with E-state index in [2.05, 4.69) is 29.5 Å². The minimum absolute atomic E-state index is 0.0729. The number of methoxy groups -OCH3 is 1. The van der Waals surface area contributed by atoms with E-state index >= 15 is 0 Å². The van der Waals surface area contributed by atoms with Crippen molar-refractivity contribution in [3.05, 3.63) is 16.3 Å². The minimum Gasteiger partial charge on any atom is -0.465 e. The van der Waals surface area contributed by atoms with Crippen LogP contribution in [0.15, 0.2) is 20.4 Å². The first-order valence-corrected chi connectivity index (χ1v) is 11.5. The second-order valence-electron chi connectivity index (χ2n) is 6.07. The smallest absolute Gasteiger partial charge is 0.349 e. The molecule has 8 heteroatoms. The Morgan fingerprint density at radius 2 is 2.00 bits per heavy atom. The molecule has 0 aliphatic rings. The van der Waals surface area contributed by atoms with E-state index in [9.17, 15) is 9.00 Å². The van der Waals surface area contributed by atoms with Crippen molar-refractivity contribution in [3.63, 3.8) is 0 Å². The zero-order valence-corrected chi connectivity index (χ0v) is 15.4. The summed E-state index contributed by atoms with van der Waals surface area (Å²) < 4.78 is 22.0. The van der Waals surface area contributed by atoms with Gasteiger partial charge in [0, 0.05) is 0 Å². The van der Waals surface area contributed by atoms with Gasteiger partial charge in [0.05, 0.1) is 12.0 Å². The number of carbonyl (C=O) groups is 1. The Morgan fingerprint density at radius 1 is 1.45 bits per heavy atom. The first kappa shape index (κ1) is 17.3. The van der Waals surface area contributed by atoms with Crippen molar-refractivity contribution in [2.45, 2.75) is 43.8 Å². The Hall–Kier alpha value is -0.703. The van der Waals surface area contributed by atoms with Gasteiger partial charge in [-0.05, 0) is 29.6 Å². The predicted molar refractivity (Wildman–Crippen MR) is 85.9 cm³/mol. The molecule has 114 valence electrons. The highest BCUT2D eigenvalue weighted by Gasteiger charge is 2.38. The summed E-state index contributed by atoms with van der Waals surface area (Å²) >= 11 is 1.16. The van der Waals surface area contributed by atoms with Crippen LogP contribution < -0.4 is 5.14 Å². The third kappa shape index (κ3) is 3.49. The lowest BCUT2D eigenvalue weighted by atomic mass is 10.2. The van der Waals surface area contributed by atoms with Crippen LogP contribution in [0, 0.1) is 0 Å². The van der Waals surface area contributed by atoms with Crippen molar-refractivity contribution in [2.24, 2.45) is 9.17 Å². The lowest BCUT2D eigenvalue weighted by Gasteiger charge is -2.32. The van der Waals surface area contributed by atoms with E-state index in [-0.39, 0.29) is 14.8 Å². The van der Waals surface area contributed by atoms with E-state index in [1.165, 1.54) is 7.11 Å². The van der Waals surface area contributed by atoms with Gasteiger partial charge in [0.15, 0.2) is 8.24 Å². The number of rotatable bonds is 3. The molecule has 0 aliphatic carbocycles. The largest absolute Gasteiger partial charge is 0.465 e. The van der Waals surface area contributed by atoms with Crippen LogP contribution in [0.1, 0.15) is 30.4 Å². The van der Waals surface area contributed by atoms with Gasteiger partial charge in [0.25, 0.3) is 0 Å². The number of ether oxygens (including phenoxy) is 1. The molecular weight excluding hydrogens is 312 g/mol. The maximum Gasteiger partial charge on any atom is 0.349 e. The molecule has 1 rings (SSSR count). The summed E-state index contributed by atoms with van der Waals surface area (Å²) in [4.78, 5) is 12.2. The Morgan fingerprint density at radius 3 is 2.45 bits per heavy atom. The summed E-state index contributed by atoms with van der Waals surface area (Å²) in [5.74, 6) is -0.529. The van der Waals surface area contributed by atoms with Gasteiger partial charge in [-0.1, -0.05) is 20.8 Å². The van der Waals surface area contributed by atoms with Crippen LogP contribution in [-0.4, -0.2) is 25.5 Å². The normalized spacial score (nSPS) is 15.6. The lowest BCUT2D eigenvalue weighted by molar-refractivity contribution is 0.0602. The second kappa shape index (κ2) is 5.59. The van der Waals surface area contributed by atoms with Crippen LogP contribution in [0.2, 0.25) is 18.1 Å². The number of hydrogen-bond donors (Lipinski definition) is 1. The summed E-state index contributed by atoms with van der Waals surface area (Å²) in [6, 6.07) is 1.59. The Kier molecular flexibility index (Phi) is 4.85. The summed E-state index contributed by atoms with van der Waals surface area (Å²) in [5.41, 5.74) is 0. The third-order valence-corrected chi connectivity index (χ3v) is 12.1. The van der Waals surface area contributed by atoms with Gasteiger partial charge in [-0.15, -0.1) is 11.3 Å². The molecule has 20 heavy (non-hydrogen) atoms. The predicted octanol–water partition coefficient (Wildman–Crippen LogP) is 3.24. The number of carbonyl (C=O) groups excluding carboxylic acids is 1. The monoisotopic (exact) mass is 334 g/mol. The number of hydrogen-bond acceptors (Lipinski definition) is 5. The van der Waals surface area contributed by atoms with Crippen molar-refractivity contribution in [1.29, 1.82) is 0 Å². The fourth-order valence-electron chi connectivity index (χ4n) is 1.29. The highest BCUT2D eigenvalue weighted by atomic mass is 32.2. The Labute approximate surface area is 125 Å². The molecule has 0 aliphatic heterocycles. The fraction of sp³-hybridized carbons (Fsp3) is 0.583. The number of nitrogens with zero attached hydrogens (tertiary/aromatic N) is 1. The number of esters is 1. The maximum absolute atomic E-state index is 12.8. The lowest BCUT2D eigenvalue weighted by Crippen LogP contribution is -2.37. The molecular formula is C12H22N2O3S2Si. The van der Waals surface area contributed by atoms with E-state index in [4.69, 9.17) is 5.14 Å². The SMILES string of the molecule is COC(=O)c1sccc1S(N)(=O)=N[Si](C)(C)C(C)(C)C. The highest BCUT2D eigenvalue weighted by molar-refractivity contribution is 7.92. The second-order valence-corrected chi connectivity index (χ2v) is 13.9. The van der Waals surface area contributed by atoms with E-state index in [0.717, 1.165) is 11.3 Å². The van der Waals surface area contributed by atoms with Crippen molar-refractivity contribution >= 4 is 35.5 Å². The molecule has 1 aromatic rings. The molecule has 1 heterocycles. The van der Waals surface area contributed by atoms with Crippen LogP contribution in [0.25, 0.3) is 0 Å². The zero-order chi connectivity index (χ0) is 15.8. The molecule has 0 fully saturated rings. The molecule has 0 amide bonds. The van der Waals surface area contributed by atoms with Crippen molar-refractivity contribution < 1.29 is 13.7 Å². The van der Waals surface area contributed by atoms with Gasteiger partial charge in [-0.3, -0.25) is 4.03 Å². The molecule has 2 N–H and O–H groups in total. The zero-order valence-electron chi connectivity index (χ0n) is 12.7. The molecule has 0 aromatic carbocycles. The van der Waals surface area contributed by atoms with Crippen LogP contribution in [-0.2, 0) is 14.7 Å². The third-order valence-electron chi connectivity index (χ3n) is 3.51. The molecule has 1 aromatic heterocycles. The molecule has 0 radical (unpaired) electrons. The summed E-state index contributed by atoms with van der Waals surface area (Å²) in [6.45, 7) is 10.2. The summed E-state index contributed by atoms with van der Waals surface area (Å²) in [5, 5.41) is 7.56. The molecule has 1 unspecified atom stereocenters. The first-order valence-electron chi connectivity index (χ1n) is 6.14. The number of thiophene rings is 1. The van der Waals surface area contributed by atoms with E-state index in [1.54, 1.807) is 11.4 Å². The average Bonchev–Trinajstić information content (AvgIpc) is 2.74. The average molecular weight is 335 g/mol. The molecule has 0 spiro atoms. The first-order chi connectivity index (χ1) is 8.92. The highest BCUT2D eigenvalue weighted by Crippen LogP contribution is 2.38. The molecule has 0 bridgehead atoms. The Bertz CT molecular complexity index is 623. The molecule has 1 atom stereocenters. The minimum atomic E-state index is -3.10. The van der Waals surface area contributed by atoms with Gasteiger partial charge < -0.3 is 4.74 Å². The topological polar surface area (TPSA) is 81.8 Å². The van der Waals surface area contributed by atoms with Crippen LogP contribution in [0.3, 0.4) is 0 Å². The van der Waals surface area contributed by atoms with E-state index in [1.807, 2.05) is 13.1 Å². The van der Waals surface area contributed by atoms with Crippen LogP contribution >= 0.6 is 11.3 Å². The van der Waals surface area contributed by atoms with Gasteiger partial charge in [-0.2, -0.15) is 0 Å². The standard InChI is InChI=1S/C12H22N2O3S2Si/c1-12(2,3)20(5,6)14-19(13,16)9-7-8-18-10(9)11(15)17-4/h7-8H,1-6H3,(H2,13,14,16). The summed E-state index contributed by atoms with van der Waals surface area (Å²) in [6.07, 6.45) is 0. The quantitative estimate of drug-likeness (QED) is 0.680. The van der Waals surface area contributed by atoms with Gasteiger partial charge in [0.1, 0.15) is 14.8 Å². The number of nitrogens with two attached hydrogens (primary N) is 1. The van der Waals surface area contributed by atoms with E-state index < -0.39 is 24.1 Å². The summed E-state index contributed by atoms with van der Waals surface area (Å²) in [7, 11) is -4.00. The van der Waals surface area contributed by atoms with Crippen molar-refractivity contribution in [3.8, 4) is 0 Å². The Balaban J connectivity index is 3.42. The van der Waals surface area contributed by atoms with Crippen LogP contribution in [0.5, 0.6) is 0 Å². The fourth-order valence-corrected chi connectivity index (χ4v) is 7.40. The molecule has 0 saturated heterocycles. The van der Waals surface area contributed by atoms with Crippen molar-refractivity contribution in [2.75, 3.05) is 7.11 Å². The van der Waals surface area contributed by atoms with Crippen LogP contribution in [0.4, 0.5) is 0 Å². The van der Waals surface area contributed by atoms with Gasteiger partial charge >= 0.3 is 5.97 Å². The van der Waals surface area contributed by atoms with Gasteiger partial charge in [0.2, 0.25) is 0 Å².